The molecule has 0 saturated carbocycles. The minimum atomic E-state index is -0.931. The summed E-state index contributed by atoms with van der Waals surface area (Å²) in [7, 11) is 0. The molecular weight excluding hydrogens is 260 g/mol. The van der Waals surface area contributed by atoms with Crippen LogP contribution in [-0.2, 0) is 19.2 Å². The highest BCUT2D eigenvalue weighted by Crippen LogP contribution is 2.13. The first-order valence-electron chi connectivity index (χ1n) is 6.69. The van der Waals surface area contributed by atoms with Gasteiger partial charge in [-0.1, -0.05) is 13.8 Å². The number of rotatable bonds is 8. The Balaban J connectivity index is 2.54. The SMILES string of the molecule is CC(C)C(=O)CCCC(=O)C(CN)N1C(=O)C=CC1=O. The van der Waals surface area contributed by atoms with E-state index in [1.165, 1.54) is 0 Å². The van der Waals surface area contributed by atoms with Crippen molar-refractivity contribution in [2.75, 3.05) is 6.54 Å². The molecule has 2 N–H and O–H groups in total. The maximum absolute atomic E-state index is 12.0. The lowest BCUT2D eigenvalue weighted by Gasteiger charge is -2.23. The molecule has 1 rings (SSSR count). The van der Waals surface area contributed by atoms with Crippen LogP contribution in [-0.4, -0.2) is 40.9 Å². The van der Waals surface area contributed by atoms with Crippen molar-refractivity contribution in [1.29, 1.82) is 0 Å². The predicted molar refractivity (Wildman–Crippen MR) is 72.5 cm³/mol. The van der Waals surface area contributed by atoms with Crippen LogP contribution in [0.25, 0.3) is 0 Å². The van der Waals surface area contributed by atoms with Crippen LogP contribution in [0.2, 0.25) is 0 Å². The summed E-state index contributed by atoms with van der Waals surface area (Å²) in [6.07, 6.45) is 3.12. The Kier molecular flexibility index (Phi) is 5.76. The van der Waals surface area contributed by atoms with E-state index in [0.29, 0.717) is 12.8 Å². The van der Waals surface area contributed by atoms with Gasteiger partial charge in [-0.25, -0.2) is 0 Å². The van der Waals surface area contributed by atoms with Gasteiger partial charge in [0.1, 0.15) is 11.8 Å². The van der Waals surface area contributed by atoms with Crippen LogP contribution in [0.1, 0.15) is 33.1 Å². The number of Topliss-reactive ketones (excluding diaryl/α,β-unsaturated/α-hetero) is 2. The van der Waals surface area contributed by atoms with Crippen LogP contribution in [0.3, 0.4) is 0 Å². The Morgan fingerprint density at radius 2 is 1.60 bits per heavy atom. The van der Waals surface area contributed by atoms with Gasteiger partial charge in [0.15, 0.2) is 5.78 Å². The molecule has 0 aliphatic carbocycles. The first kappa shape index (κ1) is 16.2. The minimum Gasteiger partial charge on any atom is -0.328 e. The predicted octanol–water partition coefficient (Wildman–Crippen LogP) is 0.203. The number of ketones is 2. The summed E-state index contributed by atoms with van der Waals surface area (Å²) in [6, 6.07) is -0.931. The van der Waals surface area contributed by atoms with E-state index in [2.05, 4.69) is 0 Å². The van der Waals surface area contributed by atoms with Gasteiger partial charge < -0.3 is 5.73 Å². The van der Waals surface area contributed by atoms with E-state index in [1.807, 2.05) is 0 Å². The van der Waals surface area contributed by atoms with Gasteiger partial charge in [-0.3, -0.25) is 24.1 Å². The fourth-order valence-corrected chi connectivity index (χ4v) is 1.99. The molecule has 110 valence electrons. The summed E-state index contributed by atoms with van der Waals surface area (Å²) in [6.45, 7) is 3.51. The maximum atomic E-state index is 12.0. The Bertz CT molecular complexity index is 436. The highest BCUT2D eigenvalue weighted by atomic mass is 16.2. The van der Waals surface area contributed by atoms with Crippen molar-refractivity contribution in [3.8, 4) is 0 Å². The molecule has 6 heteroatoms. The number of nitrogens with zero attached hydrogens (tertiary/aromatic N) is 1. The van der Waals surface area contributed by atoms with Crippen LogP contribution in [0.4, 0.5) is 0 Å². The molecule has 6 nitrogen and oxygen atoms in total. The molecule has 2 amide bonds. The quantitative estimate of drug-likeness (QED) is 0.641. The number of hydrogen-bond donors (Lipinski definition) is 1. The molecule has 0 saturated heterocycles. The van der Waals surface area contributed by atoms with Crippen LogP contribution in [0, 0.1) is 5.92 Å². The van der Waals surface area contributed by atoms with Gasteiger partial charge in [0, 0.05) is 37.5 Å². The molecule has 1 heterocycles. The number of amides is 2. The molecule has 0 aromatic carbocycles. The second-order valence-corrected chi connectivity index (χ2v) is 5.07. The van der Waals surface area contributed by atoms with Crippen LogP contribution >= 0.6 is 0 Å². The zero-order valence-corrected chi connectivity index (χ0v) is 11.8. The lowest BCUT2D eigenvalue weighted by molar-refractivity contribution is -0.144. The van der Waals surface area contributed by atoms with E-state index in [9.17, 15) is 19.2 Å². The third kappa shape index (κ3) is 3.84. The monoisotopic (exact) mass is 280 g/mol. The van der Waals surface area contributed by atoms with E-state index < -0.39 is 17.9 Å². The normalized spacial score (nSPS) is 16.1. The highest BCUT2D eigenvalue weighted by molar-refractivity contribution is 6.15. The van der Waals surface area contributed by atoms with Crippen molar-refractivity contribution in [2.45, 2.75) is 39.2 Å². The standard InChI is InChI=1S/C14H20N2O4/c1-9(2)11(17)4-3-5-12(18)10(8-15)16-13(19)6-7-14(16)20/h6-7,9-10H,3-5,8,15H2,1-2H3. The summed E-state index contributed by atoms with van der Waals surface area (Å²) < 4.78 is 0. The second kappa shape index (κ2) is 7.09. The van der Waals surface area contributed by atoms with Crippen LogP contribution < -0.4 is 5.73 Å². The highest BCUT2D eigenvalue weighted by Gasteiger charge is 2.34. The van der Waals surface area contributed by atoms with Crippen molar-refractivity contribution in [3.05, 3.63) is 12.2 Å². The molecule has 0 bridgehead atoms. The molecular formula is C14H20N2O4. The molecule has 0 spiro atoms. The van der Waals surface area contributed by atoms with Crippen LogP contribution in [0.15, 0.2) is 12.2 Å². The summed E-state index contributed by atoms with van der Waals surface area (Å²) in [5, 5.41) is 0. The van der Waals surface area contributed by atoms with Gasteiger partial charge in [-0.15, -0.1) is 0 Å². The van der Waals surface area contributed by atoms with E-state index in [-0.39, 0.29) is 30.4 Å². The van der Waals surface area contributed by atoms with E-state index in [0.717, 1.165) is 17.1 Å². The Hall–Kier alpha value is -1.82. The molecule has 0 aromatic heterocycles. The van der Waals surface area contributed by atoms with Crippen molar-refractivity contribution >= 4 is 23.4 Å². The molecule has 1 aliphatic rings. The number of carbonyl (C=O) groups is 4. The minimum absolute atomic E-state index is 0.0543. The second-order valence-electron chi connectivity index (χ2n) is 5.07. The fourth-order valence-electron chi connectivity index (χ4n) is 1.99. The largest absolute Gasteiger partial charge is 0.328 e. The van der Waals surface area contributed by atoms with Gasteiger partial charge in [-0.05, 0) is 6.42 Å². The lowest BCUT2D eigenvalue weighted by atomic mass is 10.00. The summed E-state index contributed by atoms with van der Waals surface area (Å²) >= 11 is 0. The average Bonchev–Trinajstić information content (AvgIpc) is 2.71. The topological polar surface area (TPSA) is 97.5 Å². The molecule has 1 aliphatic heterocycles. The zero-order valence-electron chi connectivity index (χ0n) is 11.8. The molecule has 1 unspecified atom stereocenters. The summed E-state index contributed by atoms with van der Waals surface area (Å²) in [4.78, 5) is 47.4. The third-order valence-corrected chi connectivity index (χ3v) is 3.24. The molecule has 1 atom stereocenters. The van der Waals surface area contributed by atoms with E-state index >= 15 is 0 Å². The number of nitrogens with two attached hydrogens (primary N) is 1. The lowest BCUT2D eigenvalue weighted by Crippen LogP contribution is -2.49. The smallest absolute Gasteiger partial charge is 0.254 e. The number of hydrogen-bond acceptors (Lipinski definition) is 5. The first-order valence-corrected chi connectivity index (χ1v) is 6.69. The van der Waals surface area contributed by atoms with E-state index in [4.69, 9.17) is 5.73 Å². The Morgan fingerprint density at radius 1 is 1.10 bits per heavy atom. The van der Waals surface area contributed by atoms with Gasteiger partial charge in [0.25, 0.3) is 11.8 Å². The fraction of sp³-hybridized carbons (Fsp3) is 0.571. The summed E-state index contributed by atoms with van der Waals surface area (Å²) in [5.74, 6) is -1.28. The van der Waals surface area contributed by atoms with Crippen molar-refractivity contribution in [3.63, 3.8) is 0 Å². The van der Waals surface area contributed by atoms with Gasteiger partial charge in [0.05, 0.1) is 0 Å². The first-order chi connectivity index (χ1) is 9.38. The number of carbonyl (C=O) groups excluding carboxylic acids is 4. The molecule has 0 radical (unpaired) electrons. The van der Waals surface area contributed by atoms with E-state index in [1.54, 1.807) is 13.8 Å². The Labute approximate surface area is 118 Å². The number of imide groups is 1. The van der Waals surface area contributed by atoms with Crippen molar-refractivity contribution < 1.29 is 19.2 Å². The van der Waals surface area contributed by atoms with Crippen LogP contribution in [0.5, 0.6) is 0 Å². The van der Waals surface area contributed by atoms with Gasteiger partial charge in [-0.2, -0.15) is 0 Å². The third-order valence-electron chi connectivity index (χ3n) is 3.24. The summed E-state index contributed by atoms with van der Waals surface area (Å²) in [5.41, 5.74) is 5.50. The molecule has 0 aromatic rings. The van der Waals surface area contributed by atoms with Crippen molar-refractivity contribution in [1.82, 2.24) is 4.90 Å². The van der Waals surface area contributed by atoms with Crippen molar-refractivity contribution in [2.24, 2.45) is 11.7 Å². The van der Waals surface area contributed by atoms with Gasteiger partial charge >= 0.3 is 0 Å². The Morgan fingerprint density at radius 3 is 2.05 bits per heavy atom. The molecule has 20 heavy (non-hydrogen) atoms. The molecule has 0 fully saturated rings. The van der Waals surface area contributed by atoms with Gasteiger partial charge in [0.2, 0.25) is 0 Å². The zero-order chi connectivity index (χ0) is 15.3. The maximum Gasteiger partial charge on any atom is 0.254 e. The average molecular weight is 280 g/mol.